The summed E-state index contributed by atoms with van der Waals surface area (Å²) in [6.45, 7) is 7.42. The van der Waals surface area contributed by atoms with Crippen molar-refractivity contribution >= 4 is 11.3 Å². The zero-order valence-electron chi connectivity index (χ0n) is 10.7. The standard InChI is InChI=1S/C15H19NS/c1-4-16-15(14-9-12(3)17-10-14)13-7-5-11(2)6-8-13/h5-10,15-16H,4H2,1-3H3. The molecule has 1 unspecified atom stereocenters. The molecule has 0 saturated carbocycles. The molecular weight excluding hydrogens is 226 g/mol. The topological polar surface area (TPSA) is 12.0 Å². The van der Waals surface area contributed by atoms with E-state index in [0.29, 0.717) is 6.04 Å². The van der Waals surface area contributed by atoms with E-state index >= 15 is 0 Å². The Hall–Kier alpha value is -1.12. The number of thiophene rings is 1. The number of hydrogen-bond acceptors (Lipinski definition) is 2. The Balaban J connectivity index is 2.31. The quantitative estimate of drug-likeness (QED) is 0.856. The summed E-state index contributed by atoms with van der Waals surface area (Å²) in [6, 6.07) is 11.4. The van der Waals surface area contributed by atoms with E-state index in [1.807, 2.05) is 11.3 Å². The van der Waals surface area contributed by atoms with Gasteiger partial charge in [-0.05, 0) is 43.0 Å². The second-order valence-electron chi connectivity index (χ2n) is 4.39. The number of benzene rings is 1. The molecule has 0 aliphatic rings. The van der Waals surface area contributed by atoms with Crippen molar-refractivity contribution in [2.45, 2.75) is 26.8 Å². The minimum atomic E-state index is 0.325. The van der Waals surface area contributed by atoms with Crippen LogP contribution in [0, 0.1) is 13.8 Å². The van der Waals surface area contributed by atoms with Crippen LogP contribution < -0.4 is 5.32 Å². The maximum absolute atomic E-state index is 3.55. The van der Waals surface area contributed by atoms with Crippen molar-refractivity contribution in [3.63, 3.8) is 0 Å². The van der Waals surface area contributed by atoms with E-state index in [1.54, 1.807) is 0 Å². The molecule has 0 radical (unpaired) electrons. The van der Waals surface area contributed by atoms with E-state index in [-0.39, 0.29) is 0 Å². The third-order valence-electron chi connectivity index (χ3n) is 2.90. The third-order valence-corrected chi connectivity index (χ3v) is 3.78. The minimum absolute atomic E-state index is 0.325. The predicted molar refractivity (Wildman–Crippen MR) is 75.8 cm³/mol. The molecule has 0 aliphatic heterocycles. The highest BCUT2D eigenvalue weighted by Crippen LogP contribution is 2.26. The molecule has 0 aliphatic carbocycles. The van der Waals surface area contributed by atoms with Crippen LogP contribution in [0.25, 0.3) is 0 Å². The Kier molecular flexibility index (Phi) is 3.97. The van der Waals surface area contributed by atoms with Crippen molar-refractivity contribution in [3.8, 4) is 0 Å². The molecule has 2 aromatic rings. The Labute approximate surface area is 108 Å². The summed E-state index contributed by atoms with van der Waals surface area (Å²) in [7, 11) is 0. The molecule has 1 nitrogen and oxygen atoms in total. The van der Waals surface area contributed by atoms with E-state index in [9.17, 15) is 0 Å². The summed E-state index contributed by atoms with van der Waals surface area (Å²) < 4.78 is 0. The van der Waals surface area contributed by atoms with Crippen molar-refractivity contribution in [1.29, 1.82) is 0 Å². The van der Waals surface area contributed by atoms with Gasteiger partial charge in [0.1, 0.15) is 0 Å². The molecule has 0 spiro atoms. The summed E-state index contributed by atoms with van der Waals surface area (Å²) in [5.41, 5.74) is 4.03. The van der Waals surface area contributed by atoms with Gasteiger partial charge in [-0.25, -0.2) is 0 Å². The zero-order valence-corrected chi connectivity index (χ0v) is 11.5. The van der Waals surface area contributed by atoms with Crippen molar-refractivity contribution in [2.75, 3.05) is 6.54 Å². The van der Waals surface area contributed by atoms with Crippen LogP contribution in [-0.2, 0) is 0 Å². The molecule has 1 aromatic heterocycles. The number of hydrogen-bond donors (Lipinski definition) is 1. The first-order valence-electron chi connectivity index (χ1n) is 6.05. The molecule has 2 rings (SSSR count). The van der Waals surface area contributed by atoms with Gasteiger partial charge in [-0.1, -0.05) is 36.8 Å². The van der Waals surface area contributed by atoms with Gasteiger partial charge in [0.2, 0.25) is 0 Å². The summed E-state index contributed by atoms with van der Waals surface area (Å²) in [5, 5.41) is 5.81. The fourth-order valence-electron chi connectivity index (χ4n) is 2.01. The van der Waals surface area contributed by atoms with Gasteiger partial charge in [-0.3, -0.25) is 0 Å². The summed E-state index contributed by atoms with van der Waals surface area (Å²) in [5.74, 6) is 0. The van der Waals surface area contributed by atoms with Crippen LogP contribution in [0.1, 0.15) is 34.5 Å². The second kappa shape index (κ2) is 5.48. The van der Waals surface area contributed by atoms with Crippen molar-refractivity contribution in [2.24, 2.45) is 0 Å². The summed E-state index contributed by atoms with van der Waals surface area (Å²) in [4.78, 5) is 1.37. The first-order valence-corrected chi connectivity index (χ1v) is 6.93. The van der Waals surface area contributed by atoms with Gasteiger partial charge in [0, 0.05) is 4.88 Å². The van der Waals surface area contributed by atoms with Gasteiger partial charge in [0.15, 0.2) is 0 Å². The maximum Gasteiger partial charge on any atom is 0.0584 e. The first kappa shape index (κ1) is 12.3. The van der Waals surface area contributed by atoms with E-state index in [2.05, 4.69) is 61.8 Å². The van der Waals surface area contributed by atoms with Gasteiger partial charge >= 0.3 is 0 Å². The Morgan fingerprint density at radius 1 is 1.12 bits per heavy atom. The summed E-state index contributed by atoms with van der Waals surface area (Å²) in [6.07, 6.45) is 0. The molecule has 1 N–H and O–H groups in total. The molecule has 1 heterocycles. The number of rotatable bonds is 4. The normalized spacial score (nSPS) is 12.6. The van der Waals surface area contributed by atoms with Gasteiger partial charge in [0.25, 0.3) is 0 Å². The van der Waals surface area contributed by atoms with Gasteiger partial charge in [-0.2, -0.15) is 0 Å². The van der Waals surface area contributed by atoms with E-state index in [4.69, 9.17) is 0 Å². The monoisotopic (exact) mass is 245 g/mol. The van der Waals surface area contributed by atoms with Crippen molar-refractivity contribution < 1.29 is 0 Å². The lowest BCUT2D eigenvalue weighted by atomic mass is 10.00. The van der Waals surface area contributed by atoms with Crippen LogP contribution in [0.15, 0.2) is 35.7 Å². The lowest BCUT2D eigenvalue weighted by molar-refractivity contribution is 0.632. The van der Waals surface area contributed by atoms with Crippen LogP contribution in [0.2, 0.25) is 0 Å². The Morgan fingerprint density at radius 3 is 2.35 bits per heavy atom. The fraction of sp³-hybridized carbons (Fsp3) is 0.333. The molecular formula is C15H19NS. The minimum Gasteiger partial charge on any atom is -0.307 e. The van der Waals surface area contributed by atoms with E-state index < -0.39 is 0 Å². The molecule has 90 valence electrons. The fourth-order valence-corrected chi connectivity index (χ4v) is 2.74. The lowest BCUT2D eigenvalue weighted by Crippen LogP contribution is -2.21. The van der Waals surface area contributed by atoms with Crippen molar-refractivity contribution in [3.05, 3.63) is 57.3 Å². The van der Waals surface area contributed by atoms with Gasteiger partial charge in [0.05, 0.1) is 6.04 Å². The average molecular weight is 245 g/mol. The average Bonchev–Trinajstić information content (AvgIpc) is 2.74. The largest absolute Gasteiger partial charge is 0.307 e. The molecule has 1 atom stereocenters. The van der Waals surface area contributed by atoms with Crippen LogP contribution >= 0.6 is 11.3 Å². The second-order valence-corrected chi connectivity index (χ2v) is 5.51. The maximum atomic E-state index is 3.55. The highest BCUT2D eigenvalue weighted by Gasteiger charge is 2.13. The SMILES string of the molecule is CCNC(c1ccc(C)cc1)c1csc(C)c1. The van der Waals surface area contributed by atoms with Crippen LogP contribution in [0.5, 0.6) is 0 Å². The Morgan fingerprint density at radius 2 is 1.82 bits per heavy atom. The molecule has 0 fully saturated rings. The van der Waals surface area contributed by atoms with Crippen LogP contribution in [-0.4, -0.2) is 6.54 Å². The summed E-state index contributed by atoms with van der Waals surface area (Å²) >= 11 is 1.82. The zero-order chi connectivity index (χ0) is 12.3. The highest BCUT2D eigenvalue weighted by atomic mass is 32.1. The number of aryl methyl sites for hydroxylation is 2. The molecule has 0 bridgehead atoms. The molecule has 0 saturated heterocycles. The molecule has 2 heteroatoms. The predicted octanol–water partition coefficient (Wildman–Crippen LogP) is 4.06. The lowest BCUT2D eigenvalue weighted by Gasteiger charge is -2.17. The van der Waals surface area contributed by atoms with Gasteiger partial charge < -0.3 is 5.32 Å². The van der Waals surface area contributed by atoms with Crippen LogP contribution in [0.3, 0.4) is 0 Å². The molecule has 0 amide bonds. The van der Waals surface area contributed by atoms with Crippen molar-refractivity contribution in [1.82, 2.24) is 5.32 Å². The van der Waals surface area contributed by atoms with Crippen LogP contribution in [0.4, 0.5) is 0 Å². The highest BCUT2D eigenvalue weighted by molar-refractivity contribution is 7.10. The smallest absolute Gasteiger partial charge is 0.0584 e. The van der Waals surface area contributed by atoms with E-state index in [0.717, 1.165) is 6.54 Å². The third kappa shape index (κ3) is 2.96. The first-order chi connectivity index (χ1) is 8.20. The molecule has 1 aromatic carbocycles. The number of nitrogens with one attached hydrogen (secondary N) is 1. The van der Waals surface area contributed by atoms with Gasteiger partial charge in [-0.15, -0.1) is 11.3 Å². The Bertz CT molecular complexity index is 470. The van der Waals surface area contributed by atoms with E-state index in [1.165, 1.54) is 21.6 Å². The molecule has 17 heavy (non-hydrogen) atoms.